The van der Waals surface area contributed by atoms with E-state index in [1.807, 2.05) is 20.8 Å². The summed E-state index contributed by atoms with van der Waals surface area (Å²) in [4.78, 5) is 15.3. The van der Waals surface area contributed by atoms with E-state index in [0.717, 1.165) is 32.1 Å². The molecular formula is C14H24N2O2. The maximum Gasteiger partial charge on any atom is 0.408 e. The molecule has 1 fully saturated rings. The van der Waals surface area contributed by atoms with Crippen LogP contribution in [0.3, 0.4) is 0 Å². The van der Waals surface area contributed by atoms with Gasteiger partial charge >= 0.3 is 6.09 Å². The van der Waals surface area contributed by atoms with Crippen LogP contribution in [0.1, 0.15) is 59.3 Å². The van der Waals surface area contributed by atoms with Crippen molar-refractivity contribution in [3.05, 3.63) is 11.4 Å². The SMILES string of the molecule is [C-]#[N+]CCC1(NC(=O)OC(C)(C)C)CCCCC1. The van der Waals surface area contributed by atoms with Gasteiger partial charge in [-0.2, -0.15) is 0 Å². The average molecular weight is 252 g/mol. The number of rotatable bonds is 3. The van der Waals surface area contributed by atoms with Crippen molar-refractivity contribution < 1.29 is 9.53 Å². The van der Waals surface area contributed by atoms with Crippen LogP contribution in [0.5, 0.6) is 0 Å². The van der Waals surface area contributed by atoms with Gasteiger partial charge in [-0.05, 0) is 33.6 Å². The van der Waals surface area contributed by atoms with Crippen molar-refractivity contribution in [2.45, 2.75) is 70.4 Å². The monoisotopic (exact) mass is 252 g/mol. The van der Waals surface area contributed by atoms with Crippen LogP contribution in [-0.2, 0) is 4.74 Å². The number of carbonyl (C=O) groups is 1. The van der Waals surface area contributed by atoms with Gasteiger partial charge in [-0.25, -0.2) is 11.4 Å². The number of nitrogens with zero attached hydrogens (tertiary/aromatic N) is 1. The second-order valence-corrected chi connectivity index (χ2v) is 6.10. The van der Waals surface area contributed by atoms with E-state index in [2.05, 4.69) is 10.2 Å². The van der Waals surface area contributed by atoms with Gasteiger partial charge in [-0.3, -0.25) is 0 Å². The highest BCUT2D eigenvalue weighted by Crippen LogP contribution is 2.31. The van der Waals surface area contributed by atoms with E-state index >= 15 is 0 Å². The lowest BCUT2D eigenvalue weighted by atomic mass is 9.79. The smallest absolute Gasteiger partial charge is 0.408 e. The van der Waals surface area contributed by atoms with Gasteiger partial charge in [0.15, 0.2) is 0 Å². The number of hydrogen-bond acceptors (Lipinski definition) is 2. The molecule has 1 aliphatic carbocycles. The molecule has 4 heteroatoms. The van der Waals surface area contributed by atoms with Gasteiger partial charge in [0, 0.05) is 6.42 Å². The molecule has 18 heavy (non-hydrogen) atoms. The summed E-state index contributed by atoms with van der Waals surface area (Å²) >= 11 is 0. The third kappa shape index (κ3) is 4.95. The molecule has 1 saturated carbocycles. The van der Waals surface area contributed by atoms with Crippen molar-refractivity contribution in [3.63, 3.8) is 0 Å². The zero-order valence-corrected chi connectivity index (χ0v) is 11.7. The Morgan fingerprint density at radius 1 is 1.33 bits per heavy atom. The minimum absolute atomic E-state index is 0.217. The first-order valence-electron chi connectivity index (χ1n) is 6.71. The van der Waals surface area contributed by atoms with Gasteiger partial charge in [-0.15, -0.1) is 0 Å². The maximum absolute atomic E-state index is 11.9. The minimum Gasteiger partial charge on any atom is -0.444 e. The third-order valence-corrected chi connectivity index (χ3v) is 3.28. The van der Waals surface area contributed by atoms with E-state index in [1.165, 1.54) is 6.42 Å². The lowest BCUT2D eigenvalue weighted by Gasteiger charge is -2.37. The Bertz CT molecular complexity index is 320. The van der Waals surface area contributed by atoms with E-state index in [9.17, 15) is 4.79 Å². The molecule has 1 aliphatic rings. The molecule has 0 radical (unpaired) electrons. The van der Waals surface area contributed by atoms with Crippen LogP contribution in [0.25, 0.3) is 4.85 Å². The van der Waals surface area contributed by atoms with Gasteiger partial charge in [0.2, 0.25) is 6.54 Å². The first-order chi connectivity index (χ1) is 8.37. The van der Waals surface area contributed by atoms with Crippen LogP contribution in [0.15, 0.2) is 0 Å². The predicted octanol–water partition coefficient (Wildman–Crippen LogP) is 3.52. The molecule has 0 saturated heterocycles. The Balaban J connectivity index is 2.61. The number of alkyl carbamates (subject to hydrolysis) is 1. The Labute approximate surface area is 110 Å². The quantitative estimate of drug-likeness (QED) is 0.781. The van der Waals surface area contributed by atoms with Crippen LogP contribution < -0.4 is 5.32 Å². The van der Waals surface area contributed by atoms with E-state index in [0.29, 0.717) is 6.54 Å². The summed E-state index contributed by atoms with van der Waals surface area (Å²) in [6.45, 7) is 13.0. The molecule has 0 aromatic carbocycles. The van der Waals surface area contributed by atoms with Gasteiger partial charge < -0.3 is 14.9 Å². The summed E-state index contributed by atoms with van der Waals surface area (Å²) in [6, 6.07) is 0. The van der Waals surface area contributed by atoms with E-state index in [4.69, 9.17) is 11.3 Å². The molecule has 0 unspecified atom stereocenters. The third-order valence-electron chi connectivity index (χ3n) is 3.28. The summed E-state index contributed by atoms with van der Waals surface area (Å²) < 4.78 is 5.32. The Kier molecular flexibility index (Phi) is 5.01. The first kappa shape index (κ1) is 14.8. The number of ether oxygens (including phenoxy) is 1. The van der Waals surface area contributed by atoms with Crippen LogP contribution in [0, 0.1) is 6.57 Å². The van der Waals surface area contributed by atoms with E-state index < -0.39 is 5.60 Å². The molecule has 0 bridgehead atoms. The Morgan fingerprint density at radius 3 is 2.44 bits per heavy atom. The minimum atomic E-state index is -0.472. The number of nitrogens with one attached hydrogen (secondary N) is 1. The van der Waals surface area contributed by atoms with E-state index in [-0.39, 0.29) is 11.6 Å². The van der Waals surface area contributed by atoms with Crippen molar-refractivity contribution in [1.82, 2.24) is 5.32 Å². The second-order valence-electron chi connectivity index (χ2n) is 6.10. The Morgan fingerprint density at radius 2 is 1.94 bits per heavy atom. The van der Waals surface area contributed by atoms with Crippen molar-refractivity contribution >= 4 is 6.09 Å². The van der Waals surface area contributed by atoms with Crippen LogP contribution in [0.4, 0.5) is 4.79 Å². The highest BCUT2D eigenvalue weighted by atomic mass is 16.6. The van der Waals surface area contributed by atoms with Crippen LogP contribution in [0.2, 0.25) is 0 Å². The fourth-order valence-corrected chi connectivity index (χ4v) is 2.46. The first-order valence-corrected chi connectivity index (χ1v) is 6.71. The summed E-state index contributed by atoms with van der Waals surface area (Å²) in [5, 5.41) is 3.02. The van der Waals surface area contributed by atoms with Gasteiger partial charge in [0.25, 0.3) is 0 Å². The highest BCUT2D eigenvalue weighted by molar-refractivity contribution is 5.68. The molecule has 0 aromatic rings. The zero-order valence-electron chi connectivity index (χ0n) is 11.7. The number of amides is 1. The summed E-state index contributed by atoms with van der Waals surface area (Å²) in [5.74, 6) is 0. The molecule has 0 heterocycles. The fourth-order valence-electron chi connectivity index (χ4n) is 2.46. The molecule has 1 amide bonds. The molecule has 0 aliphatic heterocycles. The molecule has 102 valence electrons. The van der Waals surface area contributed by atoms with Crippen molar-refractivity contribution in [2.24, 2.45) is 0 Å². The number of carbonyl (C=O) groups excluding carboxylic acids is 1. The highest BCUT2D eigenvalue weighted by Gasteiger charge is 2.35. The van der Waals surface area contributed by atoms with Crippen LogP contribution in [-0.4, -0.2) is 23.8 Å². The fraction of sp³-hybridized carbons (Fsp3) is 0.857. The molecule has 0 aromatic heterocycles. The van der Waals surface area contributed by atoms with E-state index in [1.54, 1.807) is 0 Å². The topological polar surface area (TPSA) is 42.7 Å². The summed E-state index contributed by atoms with van der Waals surface area (Å²) in [5.41, 5.74) is -0.690. The normalized spacial score (nSPS) is 18.8. The number of hydrogen-bond donors (Lipinski definition) is 1. The van der Waals surface area contributed by atoms with Crippen molar-refractivity contribution in [3.8, 4) is 0 Å². The maximum atomic E-state index is 11.9. The summed E-state index contributed by atoms with van der Waals surface area (Å²) in [7, 11) is 0. The predicted molar refractivity (Wildman–Crippen MR) is 71.3 cm³/mol. The molecule has 1 N–H and O–H groups in total. The molecule has 4 nitrogen and oxygen atoms in total. The van der Waals surface area contributed by atoms with Crippen molar-refractivity contribution in [2.75, 3.05) is 6.54 Å². The lowest BCUT2D eigenvalue weighted by molar-refractivity contribution is 0.0419. The molecule has 1 rings (SSSR count). The lowest BCUT2D eigenvalue weighted by Crippen LogP contribution is -2.51. The standard InChI is InChI=1S/C14H24N2O2/c1-13(2,3)18-12(17)16-14(10-11-15-4)8-6-5-7-9-14/h5-11H2,1-3H3,(H,16,17). The largest absolute Gasteiger partial charge is 0.444 e. The van der Waals surface area contributed by atoms with Crippen molar-refractivity contribution in [1.29, 1.82) is 0 Å². The summed E-state index contributed by atoms with van der Waals surface area (Å²) in [6.07, 6.45) is 5.76. The van der Waals surface area contributed by atoms with Crippen LogP contribution >= 0.6 is 0 Å². The Hall–Kier alpha value is -1.24. The second kappa shape index (κ2) is 6.08. The zero-order chi connectivity index (χ0) is 13.6. The van der Waals surface area contributed by atoms with Gasteiger partial charge in [0.05, 0.1) is 5.54 Å². The van der Waals surface area contributed by atoms with Gasteiger partial charge in [0.1, 0.15) is 5.60 Å². The molecule has 0 atom stereocenters. The average Bonchev–Trinajstić information content (AvgIpc) is 2.25. The van der Waals surface area contributed by atoms with Gasteiger partial charge in [-0.1, -0.05) is 19.3 Å². The molecule has 0 spiro atoms. The molecular weight excluding hydrogens is 228 g/mol.